The molecule has 1 heterocycles. The first-order valence-corrected chi connectivity index (χ1v) is 11.5. The van der Waals surface area contributed by atoms with E-state index in [1.165, 1.54) is 44.0 Å². The minimum atomic E-state index is -3.60. The topological polar surface area (TPSA) is 78.5 Å². The molecule has 1 unspecified atom stereocenters. The average molecular weight is 416 g/mol. The Morgan fingerprint density at radius 3 is 2.52 bits per heavy atom. The number of aryl methyl sites for hydroxylation is 1. The third kappa shape index (κ3) is 5.23. The van der Waals surface area contributed by atoms with Gasteiger partial charge in [-0.2, -0.15) is 0 Å². The van der Waals surface area contributed by atoms with E-state index in [0.29, 0.717) is 22.9 Å². The summed E-state index contributed by atoms with van der Waals surface area (Å²) in [5.74, 6) is -0.326. The summed E-state index contributed by atoms with van der Waals surface area (Å²) in [6.07, 6.45) is 3.80. The van der Waals surface area contributed by atoms with Gasteiger partial charge >= 0.3 is 0 Å². The van der Waals surface area contributed by atoms with Gasteiger partial charge in [-0.15, -0.1) is 0 Å². The van der Waals surface area contributed by atoms with Gasteiger partial charge in [-0.25, -0.2) is 13.1 Å². The maximum atomic E-state index is 12.7. The number of nitrogens with one attached hydrogen (secondary N) is 2. The molecule has 1 amide bonds. The predicted octanol–water partition coefficient (Wildman–Crippen LogP) is 3.53. The Bertz CT molecular complexity index is 971. The third-order valence-corrected chi connectivity index (χ3v) is 6.98. The Morgan fingerprint density at radius 1 is 1.14 bits per heavy atom. The molecule has 2 aromatic rings. The van der Waals surface area contributed by atoms with Gasteiger partial charge < -0.3 is 5.32 Å². The van der Waals surface area contributed by atoms with Crippen LogP contribution in [0.25, 0.3) is 0 Å². The van der Waals surface area contributed by atoms with Gasteiger partial charge in [0.25, 0.3) is 5.91 Å². The van der Waals surface area contributed by atoms with Crippen LogP contribution >= 0.6 is 0 Å². The number of likely N-dealkylation sites (tertiary alicyclic amines) is 1. The van der Waals surface area contributed by atoms with E-state index in [-0.39, 0.29) is 10.8 Å². The second kappa shape index (κ2) is 9.07. The van der Waals surface area contributed by atoms with Crippen molar-refractivity contribution in [2.75, 3.05) is 18.9 Å². The molecule has 0 spiro atoms. The second-order valence-corrected chi connectivity index (χ2v) is 9.54. The molecule has 1 aliphatic rings. The van der Waals surface area contributed by atoms with Crippen LogP contribution in [-0.4, -0.2) is 38.9 Å². The smallest absolute Gasteiger partial charge is 0.255 e. The summed E-state index contributed by atoms with van der Waals surface area (Å²) in [6.45, 7) is 6.11. The number of rotatable bonds is 6. The van der Waals surface area contributed by atoms with Crippen molar-refractivity contribution in [2.24, 2.45) is 0 Å². The first-order valence-electron chi connectivity index (χ1n) is 9.98. The predicted molar refractivity (Wildman–Crippen MR) is 116 cm³/mol. The number of sulfonamides is 1. The molecule has 0 saturated carbocycles. The van der Waals surface area contributed by atoms with E-state index in [9.17, 15) is 13.2 Å². The van der Waals surface area contributed by atoms with Crippen molar-refractivity contribution in [1.29, 1.82) is 0 Å². The normalized spacial score (nSPS) is 17.8. The molecule has 6 nitrogen and oxygen atoms in total. The molecule has 1 saturated heterocycles. The molecule has 1 aliphatic heterocycles. The van der Waals surface area contributed by atoms with Gasteiger partial charge in [-0.05, 0) is 75.7 Å². The van der Waals surface area contributed by atoms with Crippen LogP contribution in [0.5, 0.6) is 0 Å². The van der Waals surface area contributed by atoms with Crippen molar-refractivity contribution < 1.29 is 13.2 Å². The van der Waals surface area contributed by atoms with E-state index in [1.807, 2.05) is 24.3 Å². The van der Waals surface area contributed by atoms with Crippen LogP contribution in [0, 0.1) is 6.92 Å². The molecule has 1 fully saturated rings. The van der Waals surface area contributed by atoms with Crippen molar-refractivity contribution in [2.45, 2.75) is 50.6 Å². The number of hydrogen-bond acceptors (Lipinski definition) is 4. The number of piperidine rings is 1. The quantitative estimate of drug-likeness (QED) is 0.757. The lowest BCUT2D eigenvalue weighted by Crippen LogP contribution is -2.36. The third-order valence-electron chi connectivity index (χ3n) is 5.57. The van der Waals surface area contributed by atoms with Crippen molar-refractivity contribution in [1.82, 2.24) is 9.62 Å². The van der Waals surface area contributed by atoms with E-state index >= 15 is 0 Å². The summed E-state index contributed by atoms with van der Waals surface area (Å²) < 4.78 is 26.3. The Kier molecular flexibility index (Phi) is 6.72. The highest BCUT2D eigenvalue weighted by Crippen LogP contribution is 2.21. The minimum absolute atomic E-state index is 0.0711. The van der Waals surface area contributed by atoms with Gasteiger partial charge in [0.15, 0.2) is 0 Å². The summed E-state index contributed by atoms with van der Waals surface area (Å²) in [6, 6.07) is 13.0. The number of carbonyl (C=O) groups is 1. The fraction of sp³-hybridized carbons (Fsp3) is 0.409. The molecular weight excluding hydrogens is 386 g/mol. The molecule has 2 aromatic carbocycles. The highest BCUT2D eigenvalue weighted by atomic mass is 32.2. The summed E-state index contributed by atoms with van der Waals surface area (Å²) >= 11 is 0. The van der Waals surface area contributed by atoms with Crippen molar-refractivity contribution >= 4 is 21.6 Å². The van der Waals surface area contributed by atoms with Gasteiger partial charge in [-0.1, -0.05) is 24.6 Å². The van der Waals surface area contributed by atoms with Gasteiger partial charge in [0.2, 0.25) is 10.0 Å². The second-order valence-electron chi connectivity index (χ2n) is 7.65. The zero-order valence-corrected chi connectivity index (χ0v) is 18.1. The molecule has 0 bridgehead atoms. The van der Waals surface area contributed by atoms with Crippen LogP contribution in [0.4, 0.5) is 5.69 Å². The summed E-state index contributed by atoms with van der Waals surface area (Å²) in [5, 5.41) is 2.87. The van der Waals surface area contributed by atoms with Crippen LogP contribution in [0.2, 0.25) is 0 Å². The first-order chi connectivity index (χ1) is 13.8. The van der Waals surface area contributed by atoms with Crippen molar-refractivity contribution in [3.63, 3.8) is 0 Å². The van der Waals surface area contributed by atoms with Crippen molar-refractivity contribution in [3.8, 4) is 0 Å². The summed E-state index contributed by atoms with van der Waals surface area (Å²) in [7, 11) is -2.25. The van der Waals surface area contributed by atoms with Crippen LogP contribution in [0.3, 0.4) is 0 Å². The highest BCUT2D eigenvalue weighted by Gasteiger charge is 2.19. The highest BCUT2D eigenvalue weighted by molar-refractivity contribution is 7.89. The Morgan fingerprint density at radius 2 is 1.86 bits per heavy atom. The van der Waals surface area contributed by atoms with E-state index in [1.54, 1.807) is 13.0 Å². The van der Waals surface area contributed by atoms with Crippen LogP contribution in [-0.2, 0) is 16.6 Å². The lowest BCUT2D eigenvalue weighted by atomic mass is 10.0. The molecule has 7 heteroatoms. The number of anilines is 1. The van der Waals surface area contributed by atoms with Gasteiger partial charge in [0, 0.05) is 23.8 Å². The van der Waals surface area contributed by atoms with Crippen molar-refractivity contribution in [3.05, 3.63) is 59.2 Å². The molecule has 3 rings (SSSR count). The Balaban J connectivity index is 1.70. The molecule has 0 aliphatic carbocycles. The first kappa shape index (κ1) is 21.5. The Hall–Kier alpha value is -2.22. The van der Waals surface area contributed by atoms with Crippen LogP contribution in [0.15, 0.2) is 47.4 Å². The monoisotopic (exact) mass is 415 g/mol. The maximum absolute atomic E-state index is 12.7. The molecule has 2 N–H and O–H groups in total. The molecule has 0 aromatic heterocycles. The van der Waals surface area contributed by atoms with Crippen LogP contribution < -0.4 is 10.0 Å². The molecule has 1 atom stereocenters. The largest absolute Gasteiger partial charge is 0.322 e. The van der Waals surface area contributed by atoms with E-state index in [2.05, 4.69) is 21.9 Å². The van der Waals surface area contributed by atoms with Gasteiger partial charge in [0.1, 0.15) is 0 Å². The molecular formula is C22H29N3O3S. The zero-order chi connectivity index (χ0) is 21.0. The summed E-state index contributed by atoms with van der Waals surface area (Å²) in [5.41, 5.74) is 2.96. The van der Waals surface area contributed by atoms with E-state index in [4.69, 9.17) is 0 Å². The fourth-order valence-corrected chi connectivity index (χ4v) is 4.41. The lowest BCUT2D eigenvalue weighted by molar-refractivity contribution is 0.102. The number of carbonyl (C=O) groups excluding carboxylic acids is 1. The van der Waals surface area contributed by atoms with Gasteiger partial charge in [-0.3, -0.25) is 9.69 Å². The van der Waals surface area contributed by atoms with E-state index in [0.717, 1.165) is 13.1 Å². The number of nitrogens with zero attached hydrogens (tertiary/aromatic N) is 1. The number of amides is 1. The van der Waals surface area contributed by atoms with Gasteiger partial charge in [0.05, 0.1) is 4.90 Å². The maximum Gasteiger partial charge on any atom is 0.255 e. The molecule has 29 heavy (non-hydrogen) atoms. The lowest BCUT2D eigenvalue weighted by Gasteiger charge is -2.33. The fourth-order valence-electron chi connectivity index (χ4n) is 3.65. The Labute approximate surface area is 173 Å². The zero-order valence-electron chi connectivity index (χ0n) is 17.2. The average Bonchev–Trinajstić information content (AvgIpc) is 2.71. The molecule has 0 radical (unpaired) electrons. The molecule has 156 valence electrons. The standard InChI is InChI=1S/C22H29N3O3S/c1-16-7-12-20(29(27,28)23-3)14-21(16)22(26)24-19-10-8-18(9-11-19)15-25-13-5-4-6-17(25)2/h7-12,14,17,23H,4-6,13,15H2,1-3H3,(H,24,26). The summed E-state index contributed by atoms with van der Waals surface area (Å²) in [4.78, 5) is 15.3. The minimum Gasteiger partial charge on any atom is -0.322 e. The van der Waals surface area contributed by atoms with E-state index < -0.39 is 10.0 Å². The number of benzene rings is 2. The SMILES string of the molecule is CNS(=O)(=O)c1ccc(C)c(C(=O)Nc2ccc(CN3CCCCC3C)cc2)c1. The van der Waals surface area contributed by atoms with Crippen LogP contribution in [0.1, 0.15) is 47.7 Å². The number of hydrogen-bond donors (Lipinski definition) is 2.